The second-order valence-corrected chi connectivity index (χ2v) is 8.56. The Bertz CT molecular complexity index is 970. The normalized spacial score (nSPS) is 23.2. The van der Waals surface area contributed by atoms with Crippen molar-refractivity contribution >= 4 is 40.5 Å². The summed E-state index contributed by atoms with van der Waals surface area (Å²) in [6.07, 6.45) is 3.75. The Morgan fingerprint density at radius 3 is 2.67 bits per heavy atom. The number of esters is 1. The lowest BCUT2D eigenvalue weighted by Crippen LogP contribution is -2.42. The van der Waals surface area contributed by atoms with Gasteiger partial charge in [0.2, 0.25) is 0 Å². The summed E-state index contributed by atoms with van der Waals surface area (Å²) in [6.45, 7) is 0. The fourth-order valence-electron chi connectivity index (χ4n) is 4.10. The molecule has 0 spiro atoms. The van der Waals surface area contributed by atoms with Crippen molar-refractivity contribution in [1.29, 1.82) is 0 Å². The smallest absolute Gasteiger partial charge is 0.306 e. The lowest BCUT2D eigenvalue weighted by Gasteiger charge is -2.37. The molecule has 2 aromatic carbocycles. The van der Waals surface area contributed by atoms with E-state index in [0.29, 0.717) is 53.3 Å². The molecule has 0 N–H and O–H groups in total. The number of carbonyl (C=O) groups excluding carboxylic acids is 2. The minimum atomic E-state index is -0.284. The van der Waals surface area contributed by atoms with E-state index >= 15 is 0 Å². The van der Waals surface area contributed by atoms with Crippen LogP contribution in [-0.4, -0.2) is 24.0 Å². The van der Waals surface area contributed by atoms with E-state index in [-0.39, 0.29) is 29.9 Å². The second kappa shape index (κ2) is 9.23. The fourth-order valence-corrected chi connectivity index (χ4v) is 4.61. The Labute approximate surface area is 185 Å². The molecule has 156 valence electrons. The zero-order valence-corrected chi connectivity index (χ0v) is 17.9. The van der Waals surface area contributed by atoms with Gasteiger partial charge in [0, 0.05) is 23.4 Å². The fraction of sp³-hybridized carbons (Fsp3) is 0.333. The number of aryl methyl sites for hydroxylation is 1. The van der Waals surface area contributed by atoms with Crippen LogP contribution >= 0.6 is 23.2 Å². The molecule has 0 aromatic heterocycles. The molecule has 1 aliphatic heterocycles. The summed E-state index contributed by atoms with van der Waals surface area (Å²) in [6, 6.07) is 14.9. The number of halogens is 2. The van der Waals surface area contributed by atoms with Crippen LogP contribution in [0.25, 0.3) is 5.57 Å². The molecular formula is C24H22Cl2O4. The van der Waals surface area contributed by atoms with E-state index in [4.69, 9.17) is 32.7 Å². The van der Waals surface area contributed by atoms with Gasteiger partial charge in [-0.05, 0) is 37.0 Å². The molecule has 1 fully saturated rings. The third-order valence-electron chi connectivity index (χ3n) is 5.69. The van der Waals surface area contributed by atoms with Crippen LogP contribution in [0.2, 0.25) is 10.0 Å². The van der Waals surface area contributed by atoms with Gasteiger partial charge < -0.3 is 9.47 Å². The number of benzene rings is 2. The van der Waals surface area contributed by atoms with Crippen molar-refractivity contribution < 1.29 is 19.1 Å². The molecule has 0 bridgehead atoms. The van der Waals surface area contributed by atoms with Crippen LogP contribution in [0.1, 0.15) is 36.8 Å². The summed E-state index contributed by atoms with van der Waals surface area (Å²) in [5, 5.41) is 0.936. The van der Waals surface area contributed by atoms with Crippen LogP contribution in [0, 0.1) is 5.92 Å². The monoisotopic (exact) mass is 444 g/mol. The molecule has 0 amide bonds. The molecular weight excluding hydrogens is 423 g/mol. The van der Waals surface area contributed by atoms with E-state index in [1.807, 2.05) is 30.3 Å². The van der Waals surface area contributed by atoms with Crippen LogP contribution in [0.4, 0.5) is 0 Å². The predicted molar refractivity (Wildman–Crippen MR) is 116 cm³/mol. The molecule has 4 nitrogen and oxygen atoms in total. The van der Waals surface area contributed by atoms with Gasteiger partial charge in [-0.3, -0.25) is 9.59 Å². The topological polar surface area (TPSA) is 52.6 Å². The van der Waals surface area contributed by atoms with E-state index in [9.17, 15) is 9.59 Å². The van der Waals surface area contributed by atoms with E-state index in [0.717, 1.165) is 5.56 Å². The van der Waals surface area contributed by atoms with Crippen molar-refractivity contribution in [3.05, 3.63) is 76.0 Å². The second-order valence-electron chi connectivity index (χ2n) is 7.71. The van der Waals surface area contributed by atoms with E-state index < -0.39 is 0 Å². The quantitative estimate of drug-likeness (QED) is 0.559. The third kappa shape index (κ3) is 4.71. The molecule has 4 rings (SSSR count). The van der Waals surface area contributed by atoms with Crippen LogP contribution < -0.4 is 0 Å². The molecule has 0 radical (unpaired) electrons. The summed E-state index contributed by atoms with van der Waals surface area (Å²) in [5.74, 6) is -0.450. The van der Waals surface area contributed by atoms with E-state index in [1.54, 1.807) is 18.2 Å². The Hall–Kier alpha value is -2.30. The molecule has 6 heteroatoms. The SMILES string of the molecule is O=C(CCc1ccccc1)OC1CCC2C(=O)C(c3ccc(Cl)cc3Cl)=COC2C1. The molecule has 3 atom stereocenters. The van der Waals surface area contributed by atoms with Gasteiger partial charge in [0.15, 0.2) is 5.78 Å². The summed E-state index contributed by atoms with van der Waals surface area (Å²) < 4.78 is 11.5. The van der Waals surface area contributed by atoms with Crippen molar-refractivity contribution in [2.45, 2.75) is 44.3 Å². The highest BCUT2D eigenvalue weighted by atomic mass is 35.5. The third-order valence-corrected chi connectivity index (χ3v) is 6.23. The first-order valence-electron chi connectivity index (χ1n) is 10.1. The first-order valence-corrected chi connectivity index (χ1v) is 10.9. The first-order chi connectivity index (χ1) is 14.5. The van der Waals surface area contributed by atoms with Crippen LogP contribution in [0.5, 0.6) is 0 Å². The van der Waals surface area contributed by atoms with Crippen molar-refractivity contribution in [2.24, 2.45) is 5.92 Å². The molecule has 2 aromatic rings. The number of Topliss-reactive ketones (excluding diaryl/α,β-unsaturated/α-hetero) is 1. The van der Waals surface area contributed by atoms with Gasteiger partial charge >= 0.3 is 5.97 Å². The van der Waals surface area contributed by atoms with E-state index in [1.165, 1.54) is 6.26 Å². The summed E-state index contributed by atoms with van der Waals surface area (Å²) in [5.41, 5.74) is 2.20. The number of fused-ring (bicyclic) bond motifs is 1. The Balaban J connectivity index is 1.35. The van der Waals surface area contributed by atoms with E-state index in [2.05, 4.69) is 0 Å². The van der Waals surface area contributed by atoms with Crippen molar-refractivity contribution in [2.75, 3.05) is 0 Å². The van der Waals surface area contributed by atoms with Crippen LogP contribution in [0.15, 0.2) is 54.8 Å². The number of allylic oxidation sites excluding steroid dienone is 1. The summed E-state index contributed by atoms with van der Waals surface area (Å²) >= 11 is 12.2. The van der Waals surface area contributed by atoms with Crippen molar-refractivity contribution in [3.8, 4) is 0 Å². The zero-order valence-electron chi connectivity index (χ0n) is 16.4. The lowest BCUT2D eigenvalue weighted by molar-refractivity contribution is -0.154. The highest BCUT2D eigenvalue weighted by molar-refractivity contribution is 6.37. The number of carbonyl (C=O) groups is 2. The minimum absolute atomic E-state index is 0.0179. The number of hydrogen-bond donors (Lipinski definition) is 0. The summed E-state index contributed by atoms with van der Waals surface area (Å²) in [7, 11) is 0. The van der Waals surface area contributed by atoms with Gasteiger partial charge in [-0.1, -0.05) is 59.6 Å². The molecule has 1 saturated carbocycles. The van der Waals surface area contributed by atoms with Gasteiger partial charge in [0.25, 0.3) is 0 Å². The maximum Gasteiger partial charge on any atom is 0.306 e. The molecule has 30 heavy (non-hydrogen) atoms. The predicted octanol–water partition coefficient (Wildman–Crippen LogP) is 5.65. The molecule has 0 saturated heterocycles. The van der Waals surface area contributed by atoms with Gasteiger partial charge in [-0.15, -0.1) is 0 Å². The molecule has 1 heterocycles. The van der Waals surface area contributed by atoms with Crippen molar-refractivity contribution in [3.63, 3.8) is 0 Å². The molecule has 2 aliphatic rings. The maximum absolute atomic E-state index is 13.0. The molecule has 1 aliphatic carbocycles. The van der Waals surface area contributed by atoms with Gasteiger partial charge in [-0.2, -0.15) is 0 Å². The Morgan fingerprint density at radius 2 is 1.90 bits per heavy atom. The number of ketones is 1. The van der Waals surface area contributed by atoms with Crippen LogP contribution in [0.3, 0.4) is 0 Å². The van der Waals surface area contributed by atoms with Gasteiger partial charge in [-0.25, -0.2) is 0 Å². The average molecular weight is 445 g/mol. The molecule has 3 unspecified atom stereocenters. The van der Waals surface area contributed by atoms with Gasteiger partial charge in [0.1, 0.15) is 12.2 Å². The number of ether oxygens (including phenoxy) is 2. The first kappa shape index (κ1) is 21.0. The Kier molecular flexibility index (Phi) is 6.45. The van der Waals surface area contributed by atoms with Crippen molar-refractivity contribution in [1.82, 2.24) is 0 Å². The highest BCUT2D eigenvalue weighted by Crippen LogP contribution is 2.39. The van der Waals surface area contributed by atoms with Crippen LogP contribution in [-0.2, 0) is 25.5 Å². The average Bonchev–Trinajstić information content (AvgIpc) is 2.74. The van der Waals surface area contributed by atoms with Gasteiger partial charge in [0.05, 0.1) is 22.8 Å². The zero-order chi connectivity index (χ0) is 21.1. The number of rotatable bonds is 5. The minimum Gasteiger partial charge on any atom is -0.496 e. The largest absolute Gasteiger partial charge is 0.496 e. The standard InChI is InChI=1S/C24H22Cl2O4/c25-16-7-9-18(21(26)12-16)20-14-29-22-13-17(8-10-19(22)24(20)28)30-23(27)11-6-15-4-2-1-3-5-15/h1-5,7,9,12,14,17,19,22H,6,8,10-11,13H2. The lowest BCUT2D eigenvalue weighted by atomic mass is 9.78. The maximum atomic E-state index is 13.0. The highest BCUT2D eigenvalue weighted by Gasteiger charge is 2.41. The number of hydrogen-bond acceptors (Lipinski definition) is 4. The Morgan fingerprint density at radius 1 is 1.10 bits per heavy atom. The summed E-state index contributed by atoms with van der Waals surface area (Å²) in [4.78, 5) is 25.3.